The molecule has 12 heavy (non-hydrogen) atoms. The van der Waals surface area contributed by atoms with E-state index in [4.69, 9.17) is 10.5 Å². The van der Waals surface area contributed by atoms with Gasteiger partial charge in [0, 0.05) is 5.57 Å². The van der Waals surface area contributed by atoms with Gasteiger partial charge in [0.05, 0.1) is 24.1 Å². The highest BCUT2D eigenvalue weighted by atomic mass is 19.4. The van der Waals surface area contributed by atoms with Crippen LogP contribution in [0.3, 0.4) is 0 Å². The second-order valence-electron chi connectivity index (χ2n) is 2.05. The predicted octanol–water partition coefficient (Wildman–Crippen LogP) is 2.30. The van der Waals surface area contributed by atoms with Crippen LogP contribution in [0.4, 0.5) is 13.2 Å². The first-order chi connectivity index (χ1) is 5.43. The summed E-state index contributed by atoms with van der Waals surface area (Å²) in [4.78, 5) is 0. The van der Waals surface area contributed by atoms with Crippen molar-refractivity contribution in [3.8, 4) is 12.1 Å². The number of alkyl halides is 3. The van der Waals surface area contributed by atoms with Crippen molar-refractivity contribution in [2.75, 3.05) is 0 Å². The van der Waals surface area contributed by atoms with Crippen molar-refractivity contribution in [2.24, 2.45) is 0 Å². The van der Waals surface area contributed by atoms with Gasteiger partial charge in [-0.1, -0.05) is 0 Å². The molecule has 2 nitrogen and oxygen atoms in total. The van der Waals surface area contributed by atoms with Gasteiger partial charge in [-0.25, -0.2) is 0 Å². The zero-order chi connectivity index (χ0) is 9.78. The molecular formula is C7H5F3N2. The number of nitrogens with zero attached hydrogens (tertiary/aromatic N) is 2. The molecule has 0 aromatic carbocycles. The Morgan fingerprint density at radius 1 is 1.33 bits per heavy atom. The maximum atomic E-state index is 12.0. The Morgan fingerprint density at radius 3 is 2.08 bits per heavy atom. The molecule has 0 spiro atoms. The summed E-state index contributed by atoms with van der Waals surface area (Å²) in [6.45, 7) is 1.04. The molecule has 0 saturated carbocycles. The molecule has 0 atom stereocenters. The van der Waals surface area contributed by atoms with E-state index in [0.29, 0.717) is 0 Å². The van der Waals surface area contributed by atoms with E-state index < -0.39 is 23.7 Å². The lowest BCUT2D eigenvalue weighted by atomic mass is 10.1. The number of halogens is 3. The number of hydrogen-bond acceptors (Lipinski definition) is 2. The smallest absolute Gasteiger partial charge is 0.198 e. The molecule has 0 fully saturated rings. The largest absolute Gasteiger partial charge is 0.414 e. The van der Waals surface area contributed by atoms with E-state index in [9.17, 15) is 13.2 Å². The fourth-order valence-electron chi connectivity index (χ4n) is 0.592. The molecule has 0 rings (SSSR count). The van der Waals surface area contributed by atoms with Crippen LogP contribution < -0.4 is 0 Å². The topological polar surface area (TPSA) is 47.6 Å². The third-order valence-corrected chi connectivity index (χ3v) is 1.22. The summed E-state index contributed by atoms with van der Waals surface area (Å²) >= 11 is 0. The van der Waals surface area contributed by atoms with E-state index >= 15 is 0 Å². The first-order valence-electron chi connectivity index (χ1n) is 2.97. The maximum Gasteiger partial charge on any atom is 0.414 e. The van der Waals surface area contributed by atoms with Crippen LogP contribution in [0.5, 0.6) is 0 Å². The van der Waals surface area contributed by atoms with Crippen molar-refractivity contribution < 1.29 is 13.2 Å². The van der Waals surface area contributed by atoms with E-state index in [-0.39, 0.29) is 0 Å². The molecule has 0 radical (unpaired) electrons. The molecule has 0 aliphatic carbocycles. The molecule has 0 N–H and O–H groups in total. The Kier molecular flexibility index (Phi) is 3.30. The summed E-state index contributed by atoms with van der Waals surface area (Å²) in [7, 11) is 0. The molecule has 0 aliphatic rings. The third kappa shape index (κ3) is 2.63. The third-order valence-electron chi connectivity index (χ3n) is 1.22. The van der Waals surface area contributed by atoms with E-state index in [2.05, 4.69) is 0 Å². The van der Waals surface area contributed by atoms with Crippen molar-refractivity contribution in [1.29, 1.82) is 10.5 Å². The minimum atomic E-state index is -4.57. The molecule has 0 aromatic rings. The lowest BCUT2D eigenvalue weighted by Crippen LogP contribution is -2.13. The van der Waals surface area contributed by atoms with E-state index in [1.807, 2.05) is 0 Å². The first kappa shape index (κ1) is 10.5. The van der Waals surface area contributed by atoms with Crippen LogP contribution in [-0.2, 0) is 0 Å². The van der Waals surface area contributed by atoms with E-state index in [1.54, 1.807) is 0 Å². The quantitative estimate of drug-likeness (QED) is 0.572. The molecular weight excluding hydrogens is 169 g/mol. The predicted molar refractivity (Wildman–Crippen MR) is 34.6 cm³/mol. The summed E-state index contributed by atoms with van der Waals surface area (Å²) < 4.78 is 36.0. The van der Waals surface area contributed by atoms with Gasteiger partial charge in [0.25, 0.3) is 0 Å². The molecule has 0 aromatic heterocycles. The molecule has 0 saturated heterocycles. The van der Waals surface area contributed by atoms with Crippen LogP contribution in [0, 0.1) is 22.7 Å². The Labute approximate surface area is 67.5 Å². The summed E-state index contributed by atoms with van der Waals surface area (Å²) in [5.74, 6) is 0. The highest BCUT2D eigenvalue weighted by Gasteiger charge is 2.34. The van der Waals surface area contributed by atoms with Crippen LogP contribution in [0.25, 0.3) is 0 Å². The summed E-state index contributed by atoms with van der Waals surface area (Å²) in [6.07, 6.45) is -5.35. The van der Waals surface area contributed by atoms with Gasteiger partial charge in [-0.3, -0.25) is 0 Å². The highest BCUT2D eigenvalue weighted by Crippen LogP contribution is 2.30. The Bertz CT molecular complexity index is 274. The minimum absolute atomic E-state index is 0.455. The molecule has 0 bridgehead atoms. The number of nitriles is 2. The molecule has 5 heteroatoms. The average Bonchev–Trinajstić information content (AvgIpc) is 1.96. The number of allylic oxidation sites excluding steroid dienone is 2. The van der Waals surface area contributed by atoms with Crippen molar-refractivity contribution in [2.45, 2.75) is 19.5 Å². The molecule has 0 unspecified atom stereocenters. The summed E-state index contributed by atoms with van der Waals surface area (Å²) in [5, 5.41) is 16.2. The molecule has 0 amide bonds. The normalized spacial score (nSPS) is 12.8. The van der Waals surface area contributed by atoms with Gasteiger partial charge in [0.2, 0.25) is 0 Å². The second kappa shape index (κ2) is 3.77. The number of rotatable bonds is 1. The average molecular weight is 174 g/mol. The maximum absolute atomic E-state index is 12.0. The van der Waals surface area contributed by atoms with Gasteiger partial charge >= 0.3 is 6.18 Å². The zero-order valence-electron chi connectivity index (χ0n) is 6.24. The lowest BCUT2D eigenvalue weighted by Gasteiger charge is -2.08. The van der Waals surface area contributed by atoms with Gasteiger partial charge in [0.15, 0.2) is 0 Å². The Balaban J connectivity index is 4.98. The lowest BCUT2D eigenvalue weighted by molar-refractivity contribution is -0.0933. The van der Waals surface area contributed by atoms with Crippen molar-refractivity contribution in [3.05, 3.63) is 11.1 Å². The molecule has 0 aliphatic heterocycles. The van der Waals surface area contributed by atoms with Gasteiger partial charge < -0.3 is 0 Å². The van der Waals surface area contributed by atoms with Crippen LogP contribution >= 0.6 is 0 Å². The zero-order valence-corrected chi connectivity index (χ0v) is 6.24. The van der Waals surface area contributed by atoms with Crippen molar-refractivity contribution in [1.82, 2.24) is 0 Å². The summed E-state index contributed by atoms with van der Waals surface area (Å²) in [5.41, 5.74) is -1.52. The summed E-state index contributed by atoms with van der Waals surface area (Å²) in [6, 6.07) is 2.73. The fourth-order valence-corrected chi connectivity index (χ4v) is 0.592. The molecule has 0 heterocycles. The van der Waals surface area contributed by atoms with E-state index in [1.165, 1.54) is 12.1 Å². The van der Waals surface area contributed by atoms with Crippen molar-refractivity contribution >= 4 is 0 Å². The molecule has 64 valence electrons. The highest BCUT2D eigenvalue weighted by molar-refractivity contribution is 5.30. The monoisotopic (exact) mass is 174 g/mol. The second-order valence-corrected chi connectivity index (χ2v) is 2.05. The standard InChI is InChI=1S/C7H5F3N2/c1-5(4-12)6(2-3-11)7(8,9)10/h2H2,1H3/b6-5-. The first-order valence-corrected chi connectivity index (χ1v) is 2.97. The SMILES string of the molecule is C/C(C#N)=C(\CC#N)C(F)(F)F. The van der Waals surface area contributed by atoms with E-state index in [0.717, 1.165) is 6.92 Å². The van der Waals surface area contributed by atoms with Gasteiger partial charge in [-0.05, 0) is 6.92 Å². The fraction of sp³-hybridized carbons (Fsp3) is 0.429. The van der Waals surface area contributed by atoms with Crippen LogP contribution in [0.2, 0.25) is 0 Å². The van der Waals surface area contributed by atoms with Gasteiger partial charge in [-0.15, -0.1) is 0 Å². The van der Waals surface area contributed by atoms with Gasteiger partial charge in [0.1, 0.15) is 0 Å². The van der Waals surface area contributed by atoms with Crippen LogP contribution in [0.15, 0.2) is 11.1 Å². The van der Waals surface area contributed by atoms with Crippen LogP contribution in [0.1, 0.15) is 13.3 Å². The van der Waals surface area contributed by atoms with Gasteiger partial charge in [-0.2, -0.15) is 23.7 Å². The minimum Gasteiger partial charge on any atom is -0.198 e. The Hall–Kier alpha value is -1.49. The van der Waals surface area contributed by atoms with Crippen LogP contribution in [-0.4, -0.2) is 6.18 Å². The Morgan fingerprint density at radius 2 is 1.83 bits per heavy atom. The van der Waals surface area contributed by atoms with Crippen molar-refractivity contribution in [3.63, 3.8) is 0 Å². The number of hydrogen-bond donors (Lipinski definition) is 0.